The monoisotopic (exact) mass is 652 g/mol. The van der Waals surface area contributed by atoms with Crippen molar-refractivity contribution in [3.8, 4) is 56.2 Å². The molecule has 4 aromatic heterocycles. The number of furan rings is 1. The zero-order valence-electron chi connectivity index (χ0n) is 27.4. The lowest BCUT2D eigenvalue weighted by Gasteiger charge is -2.12. The van der Waals surface area contributed by atoms with Crippen LogP contribution in [0.3, 0.4) is 0 Å². The summed E-state index contributed by atoms with van der Waals surface area (Å²) < 4.78 is 6.14. The van der Waals surface area contributed by atoms with Gasteiger partial charge in [0, 0.05) is 44.6 Å². The first kappa shape index (κ1) is 29.0. The molecule has 5 nitrogen and oxygen atoms in total. The van der Waals surface area contributed by atoms with Crippen LogP contribution in [0.4, 0.5) is 0 Å². The van der Waals surface area contributed by atoms with Gasteiger partial charge < -0.3 is 4.42 Å². The number of nitrogens with zero attached hydrogens (tertiary/aromatic N) is 4. The quantitative estimate of drug-likeness (QED) is 0.185. The van der Waals surface area contributed by atoms with Crippen LogP contribution in [0.25, 0.3) is 100 Å². The molecule has 0 spiro atoms. The molecule has 4 heterocycles. The zero-order valence-corrected chi connectivity index (χ0v) is 27.4. The van der Waals surface area contributed by atoms with E-state index >= 15 is 0 Å². The van der Waals surface area contributed by atoms with E-state index in [0.29, 0.717) is 5.82 Å². The molecule has 238 valence electrons. The molecule has 0 fully saturated rings. The molecule has 0 N–H and O–H groups in total. The van der Waals surface area contributed by atoms with Crippen molar-refractivity contribution in [1.29, 1.82) is 0 Å². The summed E-state index contributed by atoms with van der Waals surface area (Å²) in [6, 6.07) is 56.3. The third kappa shape index (κ3) is 5.20. The van der Waals surface area contributed by atoms with Crippen molar-refractivity contribution >= 4 is 43.9 Å². The molecule has 51 heavy (non-hydrogen) atoms. The van der Waals surface area contributed by atoms with Crippen molar-refractivity contribution in [3.05, 3.63) is 170 Å². The molecule has 10 aromatic rings. The number of hydrogen-bond donors (Lipinski definition) is 0. The minimum absolute atomic E-state index is 0.683. The molecule has 0 atom stereocenters. The summed E-state index contributed by atoms with van der Waals surface area (Å²) >= 11 is 0. The molecule has 0 aliphatic carbocycles. The maximum atomic E-state index is 6.14. The normalized spacial score (nSPS) is 11.5. The SMILES string of the molecule is c1ccc(-c2nc(-c3ccc(-c4cccc5cccnc45)cc3)cc(-c3cccc(-c4ccc5nc6c(cc5c4)oc4ccccc46)c3)n2)cc1. The zero-order chi connectivity index (χ0) is 33.7. The van der Waals surface area contributed by atoms with E-state index in [9.17, 15) is 0 Å². The fourth-order valence-corrected chi connectivity index (χ4v) is 6.95. The number of hydrogen-bond acceptors (Lipinski definition) is 5. The molecule has 6 aromatic carbocycles. The summed E-state index contributed by atoms with van der Waals surface area (Å²) in [4.78, 5) is 19.8. The standard InChI is InChI=1S/C46H28N4O/c1-2-9-32(10-3-1)46-49-40(30-20-18-29(19-21-30)37-16-7-11-31-14-8-24-47-44(31)37)28-41(50-46)35-13-6-12-33(25-35)34-22-23-39-36(26-34)27-43-45(48-39)38-15-4-5-17-42(38)51-43/h1-28H. The highest BCUT2D eigenvalue weighted by atomic mass is 16.3. The van der Waals surface area contributed by atoms with Crippen molar-refractivity contribution < 1.29 is 4.42 Å². The second-order valence-electron chi connectivity index (χ2n) is 12.7. The Hall–Kier alpha value is -6.98. The Morgan fingerprint density at radius 2 is 1.10 bits per heavy atom. The number of rotatable bonds is 5. The van der Waals surface area contributed by atoms with E-state index in [0.717, 1.165) is 94.2 Å². The molecule has 0 aliphatic heterocycles. The highest BCUT2D eigenvalue weighted by Crippen LogP contribution is 2.35. The van der Waals surface area contributed by atoms with Gasteiger partial charge in [-0.15, -0.1) is 0 Å². The van der Waals surface area contributed by atoms with Crippen molar-refractivity contribution in [2.75, 3.05) is 0 Å². The minimum Gasteiger partial charge on any atom is -0.454 e. The average molecular weight is 653 g/mol. The van der Waals surface area contributed by atoms with E-state index in [1.807, 2.05) is 48.7 Å². The summed E-state index contributed by atoms with van der Waals surface area (Å²) in [6.07, 6.45) is 1.85. The molecule has 5 heteroatoms. The highest BCUT2D eigenvalue weighted by Gasteiger charge is 2.14. The van der Waals surface area contributed by atoms with Gasteiger partial charge in [-0.1, -0.05) is 115 Å². The van der Waals surface area contributed by atoms with Gasteiger partial charge in [-0.3, -0.25) is 4.98 Å². The van der Waals surface area contributed by atoms with Crippen molar-refractivity contribution in [2.24, 2.45) is 0 Å². The summed E-state index contributed by atoms with van der Waals surface area (Å²) in [7, 11) is 0. The largest absolute Gasteiger partial charge is 0.454 e. The summed E-state index contributed by atoms with van der Waals surface area (Å²) in [5, 5.41) is 3.18. The molecule has 0 amide bonds. The van der Waals surface area contributed by atoms with Crippen LogP contribution in [-0.2, 0) is 0 Å². The average Bonchev–Trinajstić information content (AvgIpc) is 3.57. The van der Waals surface area contributed by atoms with Gasteiger partial charge >= 0.3 is 0 Å². The Bertz CT molecular complexity index is 2910. The van der Waals surface area contributed by atoms with E-state index in [4.69, 9.17) is 19.4 Å². The van der Waals surface area contributed by atoms with Gasteiger partial charge in [0.15, 0.2) is 11.4 Å². The first-order valence-corrected chi connectivity index (χ1v) is 17.0. The summed E-state index contributed by atoms with van der Waals surface area (Å²) in [6.45, 7) is 0. The molecule has 10 rings (SSSR count). The van der Waals surface area contributed by atoms with Gasteiger partial charge in [-0.25, -0.2) is 15.0 Å². The maximum Gasteiger partial charge on any atom is 0.160 e. The summed E-state index contributed by atoms with van der Waals surface area (Å²) in [5.74, 6) is 0.683. The second-order valence-corrected chi connectivity index (χ2v) is 12.7. The minimum atomic E-state index is 0.683. The molecule has 0 radical (unpaired) electrons. The van der Waals surface area contributed by atoms with Crippen LogP contribution in [0.5, 0.6) is 0 Å². The van der Waals surface area contributed by atoms with Crippen LogP contribution in [0.15, 0.2) is 174 Å². The topological polar surface area (TPSA) is 64.7 Å². The molecule has 0 bridgehead atoms. The van der Waals surface area contributed by atoms with Gasteiger partial charge in [-0.05, 0) is 65.2 Å². The number of pyridine rings is 2. The molecular formula is C46H28N4O. The van der Waals surface area contributed by atoms with Gasteiger partial charge in [0.2, 0.25) is 0 Å². The number of benzene rings is 6. The van der Waals surface area contributed by atoms with Crippen molar-refractivity contribution in [2.45, 2.75) is 0 Å². The second kappa shape index (κ2) is 11.9. The smallest absolute Gasteiger partial charge is 0.160 e. The van der Waals surface area contributed by atoms with Gasteiger partial charge in [0.25, 0.3) is 0 Å². The molecule has 0 aliphatic rings. The van der Waals surface area contributed by atoms with Gasteiger partial charge in [-0.2, -0.15) is 0 Å². The van der Waals surface area contributed by atoms with E-state index < -0.39 is 0 Å². The number of para-hydroxylation sites is 2. The Kier molecular flexibility index (Phi) is 6.74. The van der Waals surface area contributed by atoms with E-state index in [1.165, 1.54) is 0 Å². The third-order valence-corrected chi connectivity index (χ3v) is 9.52. The lowest BCUT2D eigenvalue weighted by Crippen LogP contribution is -1.96. The van der Waals surface area contributed by atoms with Gasteiger partial charge in [0.05, 0.1) is 22.4 Å². The fourth-order valence-electron chi connectivity index (χ4n) is 6.95. The molecule has 0 saturated carbocycles. The Morgan fingerprint density at radius 3 is 2.00 bits per heavy atom. The first-order valence-electron chi connectivity index (χ1n) is 17.0. The summed E-state index contributed by atoms with van der Waals surface area (Å²) in [5.41, 5.74) is 13.6. The van der Waals surface area contributed by atoms with Crippen LogP contribution >= 0.6 is 0 Å². The number of fused-ring (bicyclic) bond motifs is 5. The lowest BCUT2D eigenvalue weighted by atomic mass is 9.98. The first-order chi connectivity index (χ1) is 25.2. The lowest BCUT2D eigenvalue weighted by molar-refractivity contribution is 0.669. The van der Waals surface area contributed by atoms with Crippen LogP contribution in [0, 0.1) is 0 Å². The molecular weight excluding hydrogens is 625 g/mol. The van der Waals surface area contributed by atoms with Crippen LogP contribution in [0.1, 0.15) is 0 Å². The van der Waals surface area contributed by atoms with Crippen molar-refractivity contribution in [1.82, 2.24) is 19.9 Å². The van der Waals surface area contributed by atoms with Gasteiger partial charge in [0.1, 0.15) is 11.1 Å². The van der Waals surface area contributed by atoms with Crippen molar-refractivity contribution in [3.63, 3.8) is 0 Å². The third-order valence-electron chi connectivity index (χ3n) is 9.52. The number of aromatic nitrogens is 4. The van der Waals surface area contributed by atoms with E-state index in [1.54, 1.807) is 0 Å². The molecule has 0 saturated heterocycles. The fraction of sp³-hybridized carbons (Fsp3) is 0. The maximum absolute atomic E-state index is 6.14. The predicted molar refractivity (Wildman–Crippen MR) is 207 cm³/mol. The Morgan fingerprint density at radius 1 is 0.392 bits per heavy atom. The van der Waals surface area contributed by atoms with E-state index in [2.05, 4.69) is 126 Å². The van der Waals surface area contributed by atoms with Crippen LogP contribution in [-0.4, -0.2) is 19.9 Å². The Labute approximate surface area is 293 Å². The van der Waals surface area contributed by atoms with Crippen LogP contribution < -0.4 is 0 Å². The van der Waals surface area contributed by atoms with Crippen LogP contribution in [0.2, 0.25) is 0 Å². The Balaban J connectivity index is 1.05. The molecule has 0 unspecified atom stereocenters. The highest BCUT2D eigenvalue weighted by molar-refractivity contribution is 6.06. The van der Waals surface area contributed by atoms with E-state index in [-0.39, 0.29) is 0 Å². The predicted octanol–water partition coefficient (Wildman–Crippen LogP) is 11.8.